The minimum Gasteiger partial charge on any atom is -0.472 e. The Kier molecular flexibility index (Phi) is 6.98. The maximum Gasteiger partial charge on any atom is 0.278 e. The normalized spacial score (nSPS) is 11.4. The summed E-state index contributed by atoms with van der Waals surface area (Å²) in [6, 6.07) is 6.29. The quantitative estimate of drug-likeness (QED) is 0.480. The van der Waals surface area contributed by atoms with E-state index < -0.39 is 18.1 Å². The van der Waals surface area contributed by atoms with Crippen molar-refractivity contribution in [1.29, 1.82) is 0 Å². The van der Waals surface area contributed by atoms with Crippen LogP contribution in [0.1, 0.15) is 20.8 Å². The zero-order valence-corrected chi connectivity index (χ0v) is 15.5. The highest BCUT2D eigenvalue weighted by molar-refractivity contribution is 7.90. The molecule has 0 radical (unpaired) electrons. The van der Waals surface area contributed by atoms with Crippen molar-refractivity contribution in [2.45, 2.75) is 33.2 Å². The van der Waals surface area contributed by atoms with Crippen LogP contribution in [-0.2, 0) is 10.7 Å². The van der Waals surface area contributed by atoms with E-state index in [0.717, 1.165) is 19.2 Å². The zero-order chi connectivity index (χ0) is 19.2. The molecular formula is C17H20F2N2O4S. The summed E-state index contributed by atoms with van der Waals surface area (Å²) < 4.78 is 43.0. The lowest BCUT2D eigenvalue weighted by Gasteiger charge is -2.17. The molecule has 6 nitrogen and oxygen atoms in total. The smallest absolute Gasteiger partial charge is 0.278 e. The number of ether oxygens (including phenoxy) is 1. The predicted octanol–water partition coefficient (Wildman–Crippen LogP) is 3.94. The standard InChI is InChI=1S/C17H20F2N2O4S/c1-4-21-14(23-11-17(3,18)19)9-8-12(16(21)22)15-13(7-6-10-20-15)25-26-24-5-2/h6-10H,4-5,11H2,1-3H3. The number of alkyl halides is 2. The van der Waals surface area contributed by atoms with Crippen LogP contribution in [-0.4, -0.2) is 28.7 Å². The topological polar surface area (TPSA) is 62.6 Å². The van der Waals surface area contributed by atoms with Gasteiger partial charge in [-0.3, -0.25) is 18.5 Å². The molecular weight excluding hydrogens is 366 g/mol. The average Bonchev–Trinajstić information content (AvgIpc) is 2.60. The molecule has 0 bridgehead atoms. The molecule has 0 saturated heterocycles. The van der Waals surface area contributed by atoms with Crippen molar-refractivity contribution in [3.8, 4) is 22.9 Å². The summed E-state index contributed by atoms with van der Waals surface area (Å²) >= 11 is 0.788. The van der Waals surface area contributed by atoms with E-state index in [0.29, 0.717) is 18.1 Å². The summed E-state index contributed by atoms with van der Waals surface area (Å²) in [6.07, 6.45) is 1.53. The number of hydrogen-bond acceptors (Lipinski definition) is 6. The lowest BCUT2D eigenvalue weighted by molar-refractivity contribution is -0.0254. The number of aromatic nitrogens is 2. The van der Waals surface area contributed by atoms with Gasteiger partial charge in [0.2, 0.25) is 12.3 Å². The first-order chi connectivity index (χ1) is 12.4. The maximum atomic E-state index is 13.0. The van der Waals surface area contributed by atoms with Crippen LogP contribution >= 0.6 is 12.3 Å². The van der Waals surface area contributed by atoms with Crippen LogP contribution in [0.25, 0.3) is 11.3 Å². The fourth-order valence-corrected chi connectivity index (χ4v) is 2.49. The number of halogens is 2. The van der Waals surface area contributed by atoms with E-state index in [1.54, 1.807) is 19.1 Å². The van der Waals surface area contributed by atoms with Crippen molar-refractivity contribution in [1.82, 2.24) is 9.55 Å². The minimum absolute atomic E-state index is 0.0739. The molecule has 9 heteroatoms. The molecule has 0 aliphatic heterocycles. The van der Waals surface area contributed by atoms with Crippen LogP contribution in [0.4, 0.5) is 8.78 Å². The van der Waals surface area contributed by atoms with Gasteiger partial charge < -0.3 is 8.92 Å². The van der Waals surface area contributed by atoms with Crippen molar-refractivity contribution in [2.24, 2.45) is 0 Å². The van der Waals surface area contributed by atoms with Gasteiger partial charge in [-0.2, -0.15) is 0 Å². The highest BCUT2D eigenvalue weighted by Crippen LogP contribution is 2.29. The van der Waals surface area contributed by atoms with Gasteiger partial charge in [-0.1, -0.05) is 0 Å². The first kappa shape index (κ1) is 20.2. The Morgan fingerprint density at radius 3 is 2.69 bits per heavy atom. The maximum absolute atomic E-state index is 13.0. The molecule has 0 saturated carbocycles. The van der Waals surface area contributed by atoms with Crippen LogP contribution in [0.2, 0.25) is 0 Å². The van der Waals surface area contributed by atoms with E-state index in [-0.39, 0.29) is 18.0 Å². The van der Waals surface area contributed by atoms with Crippen LogP contribution in [0, 0.1) is 0 Å². The van der Waals surface area contributed by atoms with Crippen LogP contribution in [0.15, 0.2) is 35.3 Å². The Balaban J connectivity index is 2.38. The van der Waals surface area contributed by atoms with E-state index in [4.69, 9.17) is 13.1 Å². The summed E-state index contributed by atoms with van der Waals surface area (Å²) in [6.45, 7) is 4.20. The first-order valence-corrected chi connectivity index (χ1v) is 8.70. The molecule has 0 atom stereocenters. The highest BCUT2D eigenvalue weighted by atomic mass is 32.2. The third kappa shape index (κ3) is 5.18. The van der Waals surface area contributed by atoms with Crippen LogP contribution in [0.3, 0.4) is 0 Å². The molecule has 2 rings (SSSR count). The Hall–Kier alpha value is -2.13. The van der Waals surface area contributed by atoms with Gasteiger partial charge >= 0.3 is 0 Å². The fraction of sp³-hybridized carbons (Fsp3) is 0.412. The van der Waals surface area contributed by atoms with Crippen molar-refractivity contribution >= 4 is 12.3 Å². The minimum atomic E-state index is -2.99. The van der Waals surface area contributed by atoms with E-state index >= 15 is 0 Å². The summed E-state index contributed by atoms with van der Waals surface area (Å²) in [4.78, 5) is 17.0. The molecule has 2 aromatic heterocycles. The van der Waals surface area contributed by atoms with Crippen molar-refractivity contribution in [3.05, 3.63) is 40.8 Å². The Morgan fingerprint density at radius 1 is 1.27 bits per heavy atom. The molecule has 0 fully saturated rings. The number of rotatable bonds is 9. The van der Waals surface area contributed by atoms with Gasteiger partial charge in [-0.05, 0) is 38.1 Å². The third-order valence-corrected chi connectivity index (χ3v) is 3.82. The number of pyridine rings is 2. The third-order valence-electron chi connectivity index (χ3n) is 3.24. The predicted molar refractivity (Wildman–Crippen MR) is 95.6 cm³/mol. The van der Waals surface area contributed by atoms with Crippen LogP contribution < -0.4 is 14.5 Å². The van der Waals surface area contributed by atoms with Gasteiger partial charge in [0.15, 0.2) is 18.2 Å². The van der Waals surface area contributed by atoms with E-state index in [1.807, 2.05) is 6.92 Å². The average molecular weight is 386 g/mol. The van der Waals surface area contributed by atoms with Gasteiger partial charge in [-0.15, -0.1) is 0 Å². The van der Waals surface area contributed by atoms with Gasteiger partial charge in [0.25, 0.3) is 11.5 Å². The fourth-order valence-electron chi connectivity index (χ4n) is 2.14. The molecule has 0 aliphatic rings. The second kappa shape index (κ2) is 9.00. The first-order valence-electron chi connectivity index (χ1n) is 8.03. The Morgan fingerprint density at radius 2 is 2.04 bits per heavy atom. The van der Waals surface area contributed by atoms with E-state index in [9.17, 15) is 13.6 Å². The van der Waals surface area contributed by atoms with Gasteiger partial charge in [0, 0.05) is 19.7 Å². The molecule has 142 valence electrons. The second-order valence-corrected chi connectivity index (χ2v) is 5.94. The Labute approximate surface area is 154 Å². The zero-order valence-electron chi connectivity index (χ0n) is 14.7. The van der Waals surface area contributed by atoms with Gasteiger partial charge in [0.05, 0.1) is 12.2 Å². The molecule has 0 unspecified atom stereocenters. The summed E-state index contributed by atoms with van der Waals surface area (Å²) in [5.74, 6) is -2.56. The highest BCUT2D eigenvalue weighted by Gasteiger charge is 2.23. The largest absolute Gasteiger partial charge is 0.472 e. The molecule has 2 heterocycles. The van der Waals surface area contributed by atoms with Crippen molar-refractivity contribution < 1.29 is 21.9 Å². The lowest BCUT2D eigenvalue weighted by atomic mass is 10.1. The number of nitrogens with zero attached hydrogens (tertiary/aromatic N) is 2. The molecule has 26 heavy (non-hydrogen) atoms. The lowest BCUT2D eigenvalue weighted by Crippen LogP contribution is -2.27. The molecule has 0 aromatic carbocycles. The van der Waals surface area contributed by atoms with E-state index in [1.165, 1.54) is 22.9 Å². The summed E-state index contributed by atoms with van der Waals surface area (Å²) in [7, 11) is 0. The van der Waals surface area contributed by atoms with Crippen LogP contribution in [0.5, 0.6) is 11.6 Å². The van der Waals surface area contributed by atoms with Crippen molar-refractivity contribution in [2.75, 3.05) is 13.2 Å². The van der Waals surface area contributed by atoms with Gasteiger partial charge in [0.1, 0.15) is 5.69 Å². The molecule has 0 amide bonds. The SMILES string of the molecule is CCOSOc1cccnc1-c1ccc(OCC(C)(F)F)n(CC)c1=O. The van der Waals surface area contributed by atoms with Gasteiger partial charge in [-0.25, -0.2) is 8.78 Å². The number of hydrogen-bond donors (Lipinski definition) is 0. The second-order valence-electron chi connectivity index (χ2n) is 5.40. The molecule has 0 spiro atoms. The molecule has 2 aromatic rings. The van der Waals surface area contributed by atoms with Crippen molar-refractivity contribution in [3.63, 3.8) is 0 Å². The molecule has 0 N–H and O–H groups in total. The summed E-state index contributed by atoms with van der Waals surface area (Å²) in [5, 5.41) is 0. The summed E-state index contributed by atoms with van der Waals surface area (Å²) in [5.41, 5.74) is 0.198. The molecule has 0 aliphatic carbocycles. The van der Waals surface area contributed by atoms with E-state index in [2.05, 4.69) is 4.98 Å². The monoisotopic (exact) mass is 386 g/mol. The Bertz CT molecular complexity index is 793.